The summed E-state index contributed by atoms with van der Waals surface area (Å²) in [7, 11) is 0. The lowest BCUT2D eigenvalue weighted by atomic mass is 9.86. The van der Waals surface area contributed by atoms with Crippen molar-refractivity contribution in [3.05, 3.63) is 16.1 Å². The summed E-state index contributed by atoms with van der Waals surface area (Å²) in [6, 6.07) is 0. The number of aryl methyl sites for hydroxylation is 1. The fraction of sp³-hybridized carbons (Fsp3) is 0.667. The first kappa shape index (κ1) is 10.8. The Bertz CT molecular complexity index is 335. The Kier molecular flexibility index (Phi) is 3.52. The van der Waals surface area contributed by atoms with Gasteiger partial charge in [-0.2, -0.15) is 0 Å². The molecule has 2 rings (SSSR count). The van der Waals surface area contributed by atoms with Crippen LogP contribution >= 0.6 is 11.3 Å². The van der Waals surface area contributed by atoms with E-state index in [0.29, 0.717) is 11.7 Å². The van der Waals surface area contributed by atoms with Crippen molar-refractivity contribution in [1.82, 2.24) is 4.98 Å². The van der Waals surface area contributed by atoms with Crippen molar-refractivity contribution < 1.29 is 4.79 Å². The first-order valence-electron chi connectivity index (χ1n) is 5.73. The van der Waals surface area contributed by atoms with Gasteiger partial charge in [-0.3, -0.25) is 4.79 Å². The maximum absolute atomic E-state index is 11.1. The monoisotopic (exact) mass is 223 g/mol. The maximum Gasteiger partial charge on any atom is 0.132 e. The molecule has 3 heteroatoms. The highest BCUT2D eigenvalue weighted by Crippen LogP contribution is 2.26. The smallest absolute Gasteiger partial charge is 0.132 e. The van der Waals surface area contributed by atoms with Crippen LogP contribution < -0.4 is 0 Å². The quantitative estimate of drug-likeness (QED) is 0.788. The maximum atomic E-state index is 11.1. The molecule has 1 aromatic rings. The lowest BCUT2D eigenvalue weighted by molar-refractivity contribution is -0.120. The molecule has 1 aliphatic rings. The van der Waals surface area contributed by atoms with E-state index in [1.165, 1.54) is 10.7 Å². The van der Waals surface area contributed by atoms with Crippen LogP contribution in [0.2, 0.25) is 0 Å². The largest absolute Gasteiger partial charge is 0.300 e. The van der Waals surface area contributed by atoms with E-state index in [-0.39, 0.29) is 0 Å². The predicted octanol–water partition coefficient (Wildman–Crippen LogP) is 3.01. The average Bonchev–Trinajstić information content (AvgIpc) is 2.69. The number of carbonyl (C=O) groups excluding carboxylic acids is 1. The molecule has 1 aromatic heterocycles. The molecule has 1 fully saturated rings. The summed E-state index contributed by atoms with van der Waals surface area (Å²) in [6.07, 6.45) is 5.82. The number of thiazole rings is 1. The molecule has 1 heterocycles. The number of ketones is 1. The standard InChI is InChI=1S/C12H17NOS/c1-2-10-8-15-12(13-10)7-9-3-5-11(14)6-4-9/h8-9H,2-7H2,1H3. The van der Waals surface area contributed by atoms with Crippen LogP contribution in [0.25, 0.3) is 0 Å². The molecule has 0 amide bonds. The lowest BCUT2D eigenvalue weighted by Gasteiger charge is -2.19. The van der Waals surface area contributed by atoms with Crippen molar-refractivity contribution in [3.63, 3.8) is 0 Å². The second-order valence-electron chi connectivity index (χ2n) is 4.27. The highest BCUT2D eigenvalue weighted by atomic mass is 32.1. The van der Waals surface area contributed by atoms with E-state index in [0.717, 1.165) is 38.5 Å². The molecule has 0 aliphatic heterocycles. The molecule has 1 aliphatic carbocycles. The molecule has 2 nitrogen and oxygen atoms in total. The Labute approximate surface area is 94.7 Å². The van der Waals surface area contributed by atoms with Crippen molar-refractivity contribution in [1.29, 1.82) is 0 Å². The summed E-state index contributed by atoms with van der Waals surface area (Å²) >= 11 is 1.77. The van der Waals surface area contributed by atoms with E-state index in [9.17, 15) is 4.79 Å². The Hall–Kier alpha value is -0.700. The van der Waals surface area contributed by atoms with E-state index in [1.54, 1.807) is 11.3 Å². The number of rotatable bonds is 3. The molecular formula is C12H17NOS. The number of Topliss-reactive ketones (excluding diaryl/α,β-unsaturated/α-hetero) is 1. The van der Waals surface area contributed by atoms with Crippen molar-refractivity contribution in [2.75, 3.05) is 0 Å². The minimum absolute atomic E-state index is 0.444. The van der Waals surface area contributed by atoms with Gasteiger partial charge in [0.05, 0.1) is 10.7 Å². The van der Waals surface area contributed by atoms with Gasteiger partial charge in [-0.1, -0.05) is 6.92 Å². The highest BCUT2D eigenvalue weighted by Gasteiger charge is 2.19. The Morgan fingerprint density at radius 1 is 1.47 bits per heavy atom. The van der Waals surface area contributed by atoms with Crippen molar-refractivity contribution in [2.45, 2.75) is 45.4 Å². The van der Waals surface area contributed by atoms with Gasteiger partial charge in [-0.05, 0) is 25.2 Å². The molecule has 0 spiro atoms. The Morgan fingerprint density at radius 2 is 2.20 bits per heavy atom. The highest BCUT2D eigenvalue weighted by molar-refractivity contribution is 7.09. The first-order chi connectivity index (χ1) is 7.28. The summed E-state index contributed by atoms with van der Waals surface area (Å²) < 4.78 is 0. The van der Waals surface area contributed by atoms with E-state index in [2.05, 4.69) is 17.3 Å². The number of carbonyl (C=O) groups is 1. The normalized spacial score (nSPS) is 18.3. The van der Waals surface area contributed by atoms with Gasteiger partial charge in [0.2, 0.25) is 0 Å². The zero-order chi connectivity index (χ0) is 10.7. The van der Waals surface area contributed by atoms with Gasteiger partial charge in [-0.15, -0.1) is 11.3 Å². The van der Waals surface area contributed by atoms with Crippen molar-refractivity contribution in [2.24, 2.45) is 5.92 Å². The topological polar surface area (TPSA) is 30.0 Å². The number of hydrogen-bond donors (Lipinski definition) is 0. The predicted molar refractivity (Wildman–Crippen MR) is 62.2 cm³/mol. The van der Waals surface area contributed by atoms with E-state index < -0.39 is 0 Å². The van der Waals surface area contributed by atoms with Crippen LogP contribution in [0.4, 0.5) is 0 Å². The molecular weight excluding hydrogens is 206 g/mol. The minimum atomic E-state index is 0.444. The summed E-state index contributed by atoms with van der Waals surface area (Å²) in [4.78, 5) is 15.7. The number of aromatic nitrogens is 1. The molecule has 0 aromatic carbocycles. The van der Waals surface area contributed by atoms with Crippen molar-refractivity contribution >= 4 is 17.1 Å². The van der Waals surface area contributed by atoms with Gasteiger partial charge < -0.3 is 0 Å². The molecule has 0 radical (unpaired) electrons. The first-order valence-corrected chi connectivity index (χ1v) is 6.61. The van der Waals surface area contributed by atoms with Gasteiger partial charge in [0, 0.05) is 24.6 Å². The second-order valence-corrected chi connectivity index (χ2v) is 5.21. The lowest BCUT2D eigenvalue weighted by Crippen LogP contribution is -2.15. The summed E-state index contributed by atoms with van der Waals surface area (Å²) in [5, 5.41) is 3.41. The van der Waals surface area contributed by atoms with Gasteiger partial charge in [0.1, 0.15) is 5.78 Å². The zero-order valence-corrected chi connectivity index (χ0v) is 9.98. The fourth-order valence-electron chi connectivity index (χ4n) is 2.06. The Morgan fingerprint density at radius 3 is 2.80 bits per heavy atom. The van der Waals surface area contributed by atoms with Crippen LogP contribution in [-0.4, -0.2) is 10.8 Å². The van der Waals surface area contributed by atoms with E-state index >= 15 is 0 Å². The molecule has 0 saturated heterocycles. The summed E-state index contributed by atoms with van der Waals surface area (Å²) in [5.41, 5.74) is 1.21. The fourth-order valence-corrected chi connectivity index (χ4v) is 3.05. The van der Waals surface area contributed by atoms with Crippen LogP contribution in [0.3, 0.4) is 0 Å². The van der Waals surface area contributed by atoms with Crippen LogP contribution in [0.5, 0.6) is 0 Å². The van der Waals surface area contributed by atoms with Crippen LogP contribution in [0, 0.1) is 5.92 Å². The van der Waals surface area contributed by atoms with Gasteiger partial charge in [0.15, 0.2) is 0 Å². The minimum Gasteiger partial charge on any atom is -0.300 e. The summed E-state index contributed by atoms with van der Waals surface area (Å²) in [6.45, 7) is 2.14. The van der Waals surface area contributed by atoms with Gasteiger partial charge >= 0.3 is 0 Å². The van der Waals surface area contributed by atoms with Crippen LogP contribution in [0.1, 0.15) is 43.3 Å². The molecule has 82 valence electrons. The van der Waals surface area contributed by atoms with E-state index in [4.69, 9.17) is 0 Å². The third-order valence-corrected chi connectivity index (χ3v) is 4.01. The van der Waals surface area contributed by atoms with Crippen LogP contribution in [0.15, 0.2) is 5.38 Å². The molecule has 0 bridgehead atoms. The molecule has 1 saturated carbocycles. The SMILES string of the molecule is CCc1csc(CC2CCC(=O)CC2)n1. The Balaban J connectivity index is 1.88. The van der Waals surface area contributed by atoms with Crippen LogP contribution in [-0.2, 0) is 17.6 Å². The third kappa shape index (κ3) is 2.88. The summed E-state index contributed by atoms with van der Waals surface area (Å²) in [5.74, 6) is 1.14. The van der Waals surface area contributed by atoms with Gasteiger partial charge in [-0.25, -0.2) is 4.98 Å². The number of hydrogen-bond acceptors (Lipinski definition) is 3. The molecule has 0 unspecified atom stereocenters. The average molecular weight is 223 g/mol. The zero-order valence-electron chi connectivity index (χ0n) is 9.16. The second kappa shape index (κ2) is 4.88. The third-order valence-electron chi connectivity index (χ3n) is 3.09. The number of nitrogens with zero attached hydrogens (tertiary/aromatic N) is 1. The molecule has 0 N–H and O–H groups in total. The molecule has 0 atom stereocenters. The van der Waals surface area contributed by atoms with Crippen molar-refractivity contribution in [3.8, 4) is 0 Å². The molecule has 15 heavy (non-hydrogen) atoms. The van der Waals surface area contributed by atoms with Gasteiger partial charge in [0.25, 0.3) is 0 Å². The van der Waals surface area contributed by atoms with E-state index in [1.807, 2.05) is 0 Å².